The molecule has 1 heterocycles. The molecule has 1 N–H and O–H groups in total. The molecule has 1 aromatic rings. The minimum absolute atomic E-state index is 0.150. The van der Waals surface area contributed by atoms with Crippen molar-refractivity contribution >= 4 is 0 Å². The van der Waals surface area contributed by atoms with E-state index < -0.39 is 0 Å². The summed E-state index contributed by atoms with van der Waals surface area (Å²) < 4.78 is 2.14. The minimum Gasteiger partial charge on any atom is -0.308 e. The molecule has 0 spiro atoms. The normalized spacial score (nSPS) is 12.4. The van der Waals surface area contributed by atoms with Crippen LogP contribution >= 0.6 is 0 Å². The number of hydrogen-bond donors (Lipinski definition) is 1. The van der Waals surface area contributed by atoms with E-state index in [-0.39, 0.29) is 5.54 Å². The van der Waals surface area contributed by atoms with Crippen molar-refractivity contribution in [1.29, 1.82) is 0 Å². The number of rotatable bonds is 6. The maximum atomic E-state index is 4.51. The summed E-state index contributed by atoms with van der Waals surface area (Å²) in [6, 6.07) is 0. The fourth-order valence-electron chi connectivity index (χ4n) is 1.85. The third-order valence-corrected chi connectivity index (χ3v) is 2.94. The Kier molecular flexibility index (Phi) is 5.35. The molecule has 0 atom stereocenters. The van der Waals surface area contributed by atoms with Gasteiger partial charge in [-0.3, -0.25) is 4.68 Å². The Morgan fingerprint density at radius 1 is 1.33 bits per heavy atom. The van der Waals surface area contributed by atoms with E-state index in [1.54, 1.807) is 0 Å². The molecule has 104 valence electrons. The van der Waals surface area contributed by atoms with Gasteiger partial charge >= 0.3 is 0 Å². The highest BCUT2D eigenvalue weighted by Gasteiger charge is 2.13. The van der Waals surface area contributed by atoms with Gasteiger partial charge in [0, 0.05) is 29.9 Å². The lowest BCUT2D eigenvalue weighted by molar-refractivity contribution is 0.369. The fraction of sp³-hybridized carbons (Fsp3) is 0.786. The van der Waals surface area contributed by atoms with Gasteiger partial charge in [-0.15, -0.1) is 0 Å². The molecule has 18 heavy (non-hydrogen) atoms. The maximum absolute atomic E-state index is 4.51. The quantitative estimate of drug-likeness (QED) is 0.839. The van der Waals surface area contributed by atoms with Crippen LogP contribution in [0.2, 0.25) is 0 Å². The molecule has 0 aliphatic carbocycles. The van der Waals surface area contributed by atoms with Crippen molar-refractivity contribution in [3.63, 3.8) is 0 Å². The molecule has 0 saturated heterocycles. The molecular weight excluding hydrogens is 224 g/mol. The van der Waals surface area contributed by atoms with Crippen molar-refractivity contribution < 1.29 is 0 Å². The van der Waals surface area contributed by atoms with Gasteiger partial charge < -0.3 is 10.2 Å². The minimum atomic E-state index is 0.150. The standard InChI is InChI=1S/C14H28N4/c1-7-13-12(10-15-14(2,3)4)11-16-18(13)9-8-17(5)6/h11,15H,7-10H2,1-6H3. The number of aromatic nitrogens is 2. The lowest BCUT2D eigenvalue weighted by Gasteiger charge is -2.20. The van der Waals surface area contributed by atoms with Crippen molar-refractivity contribution in [2.24, 2.45) is 0 Å². The molecule has 0 aromatic carbocycles. The summed E-state index contributed by atoms with van der Waals surface area (Å²) in [5.41, 5.74) is 2.83. The SMILES string of the molecule is CCc1c(CNC(C)(C)C)cnn1CCN(C)C. The molecule has 0 saturated carbocycles. The Morgan fingerprint density at radius 2 is 2.00 bits per heavy atom. The molecule has 0 fully saturated rings. The van der Waals surface area contributed by atoms with Crippen LogP contribution in [0, 0.1) is 0 Å². The highest BCUT2D eigenvalue weighted by Crippen LogP contribution is 2.11. The van der Waals surface area contributed by atoms with E-state index >= 15 is 0 Å². The summed E-state index contributed by atoms with van der Waals surface area (Å²) in [5.74, 6) is 0. The van der Waals surface area contributed by atoms with Gasteiger partial charge in [0.2, 0.25) is 0 Å². The van der Waals surface area contributed by atoms with Crippen LogP contribution in [0.5, 0.6) is 0 Å². The average molecular weight is 252 g/mol. The third-order valence-electron chi connectivity index (χ3n) is 2.94. The van der Waals surface area contributed by atoms with Crippen molar-refractivity contribution in [3.8, 4) is 0 Å². The van der Waals surface area contributed by atoms with E-state index in [0.717, 1.165) is 26.1 Å². The number of nitrogens with zero attached hydrogens (tertiary/aromatic N) is 3. The summed E-state index contributed by atoms with van der Waals surface area (Å²) in [6.45, 7) is 11.7. The van der Waals surface area contributed by atoms with E-state index in [1.165, 1.54) is 11.3 Å². The smallest absolute Gasteiger partial charge is 0.0539 e. The second-order valence-electron chi connectivity index (χ2n) is 6.10. The predicted molar refractivity (Wildman–Crippen MR) is 76.8 cm³/mol. The van der Waals surface area contributed by atoms with Crippen LogP contribution in [-0.2, 0) is 19.5 Å². The number of likely N-dealkylation sites (N-methyl/N-ethyl adjacent to an activating group) is 1. The molecule has 0 unspecified atom stereocenters. The maximum Gasteiger partial charge on any atom is 0.0539 e. The van der Waals surface area contributed by atoms with Crippen LogP contribution in [0.3, 0.4) is 0 Å². The van der Waals surface area contributed by atoms with Crippen LogP contribution in [0.4, 0.5) is 0 Å². The Morgan fingerprint density at radius 3 is 2.50 bits per heavy atom. The summed E-state index contributed by atoms with van der Waals surface area (Å²) in [4.78, 5) is 2.19. The summed E-state index contributed by atoms with van der Waals surface area (Å²) in [5, 5.41) is 8.04. The van der Waals surface area contributed by atoms with E-state index in [9.17, 15) is 0 Å². The highest BCUT2D eigenvalue weighted by atomic mass is 15.3. The van der Waals surface area contributed by atoms with Crippen molar-refractivity contribution in [1.82, 2.24) is 20.0 Å². The first-order chi connectivity index (χ1) is 8.33. The van der Waals surface area contributed by atoms with Crippen LogP contribution < -0.4 is 5.32 Å². The van der Waals surface area contributed by atoms with Crippen LogP contribution in [0.15, 0.2) is 6.20 Å². The molecule has 1 aromatic heterocycles. The number of nitrogens with one attached hydrogen (secondary N) is 1. The molecule has 0 aliphatic rings. The Labute approximate surface area is 111 Å². The van der Waals surface area contributed by atoms with E-state index in [1.807, 2.05) is 6.20 Å². The van der Waals surface area contributed by atoms with Crippen molar-refractivity contribution in [2.75, 3.05) is 20.6 Å². The Hall–Kier alpha value is -0.870. The Bertz CT molecular complexity index is 360. The first-order valence-corrected chi connectivity index (χ1v) is 6.77. The second-order valence-corrected chi connectivity index (χ2v) is 6.10. The van der Waals surface area contributed by atoms with Gasteiger partial charge in [0.05, 0.1) is 12.7 Å². The van der Waals surface area contributed by atoms with Crippen LogP contribution in [-0.4, -0.2) is 40.9 Å². The van der Waals surface area contributed by atoms with Gasteiger partial charge in [0.1, 0.15) is 0 Å². The molecule has 0 bridgehead atoms. The van der Waals surface area contributed by atoms with E-state index in [4.69, 9.17) is 0 Å². The zero-order valence-electron chi connectivity index (χ0n) is 12.7. The van der Waals surface area contributed by atoms with Gasteiger partial charge in [-0.05, 0) is 41.3 Å². The van der Waals surface area contributed by atoms with Crippen LogP contribution in [0.1, 0.15) is 39.0 Å². The van der Waals surface area contributed by atoms with Gasteiger partial charge in [-0.1, -0.05) is 6.92 Å². The molecule has 0 aliphatic heterocycles. The molecule has 4 heteroatoms. The van der Waals surface area contributed by atoms with Crippen LogP contribution in [0.25, 0.3) is 0 Å². The highest BCUT2D eigenvalue weighted by molar-refractivity contribution is 5.18. The fourth-order valence-corrected chi connectivity index (χ4v) is 1.85. The first-order valence-electron chi connectivity index (χ1n) is 6.77. The molecule has 0 radical (unpaired) electrons. The first kappa shape index (κ1) is 15.2. The monoisotopic (exact) mass is 252 g/mol. The molecule has 1 rings (SSSR count). The van der Waals surface area contributed by atoms with E-state index in [0.29, 0.717) is 0 Å². The lowest BCUT2D eigenvalue weighted by atomic mass is 10.1. The largest absolute Gasteiger partial charge is 0.308 e. The zero-order chi connectivity index (χ0) is 13.8. The lowest BCUT2D eigenvalue weighted by Crippen LogP contribution is -2.35. The third kappa shape index (κ3) is 4.78. The van der Waals surface area contributed by atoms with Gasteiger partial charge in [0.15, 0.2) is 0 Å². The zero-order valence-corrected chi connectivity index (χ0v) is 12.7. The van der Waals surface area contributed by atoms with E-state index in [2.05, 4.69) is 61.8 Å². The Balaban J connectivity index is 2.69. The second kappa shape index (κ2) is 6.34. The molecular formula is C14H28N4. The summed E-state index contributed by atoms with van der Waals surface area (Å²) in [7, 11) is 4.19. The average Bonchev–Trinajstić information content (AvgIpc) is 2.64. The molecule has 4 nitrogen and oxygen atoms in total. The van der Waals surface area contributed by atoms with Crippen molar-refractivity contribution in [2.45, 2.75) is 52.7 Å². The van der Waals surface area contributed by atoms with Gasteiger partial charge in [0.25, 0.3) is 0 Å². The number of hydrogen-bond acceptors (Lipinski definition) is 3. The van der Waals surface area contributed by atoms with Crippen molar-refractivity contribution in [3.05, 3.63) is 17.5 Å². The topological polar surface area (TPSA) is 33.1 Å². The van der Waals surface area contributed by atoms with Gasteiger partial charge in [-0.2, -0.15) is 5.10 Å². The predicted octanol–water partition coefficient (Wildman–Crippen LogP) is 1.90. The summed E-state index contributed by atoms with van der Waals surface area (Å²) >= 11 is 0. The molecule has 0 amide bonds. The summed E-state index contributed by atoms with van der Waals surface area (Å²) in [6.07, 6.45) is 3.04. The van der Waals surface area contributed by atoms with Gasteiger partial charge in [-0.25, -0.2) is 0 Å².